The largest absolute Gasteiger partial charge is 0.496 e. The van der Waals surface area contributed by atoms with Gasteiger partial charge in [-0.05, 0) is 18.2 Å². The zero-order valence-corrected chi connectivity index (χ0v) is 14.9. The summed E-state index contributed by atoms with van der Waals surface area (Å²) in [6.07, 6.45) is 1.68. The summed E-state index contributed by atoms with van der Waals surface area (Å²) in [5.74, 6) is 1.55. The van der Waals surface area contributed by atoms with Gasteiger partial charge in [-0.15, -0.1) is 0 Å². The van der Waals surface area contributed by atoms with Gasteiger partial charge in [0, 0.05) is 29.8 Å². The Bertz CT molecular complexity index is 935. The number of carbonyl (C=O) groups is 1. The minimum Gasteiger partial charge on any atom is -0.496 e. The van der Waals surface area contributed by atoms with Gasteiger partial charge in [-0.1, -0.05) is 18.2 Å². The maximum absolute atomic E-state index is 12.7. The van der Waals surface area contributed by atoms with Crippen LogP contribution in [0.15, 0.2) is 48.7 Å². The van der Waals surface area contributed by atoms with Crippen LogP contribution in [0, 0.1) is 0 Å². The molecule has 6 nitrogen and oxygen atoms in total. The van der Waals surface area contributed by atoms with Crippen LogP contribution in [0.1, 0.15) is 15.9 Å². The molecule has 134 valence electrons. The van der Waals surface area contributed by atoms with Gasteiger partial charge in [0.05, 0.1) is 32.4 Å². The lowest BCUT2D eigenvalue weighted by Crippen LogP contribution is -2.23. The smallest absolute Gasteiger partial charge is 0.253 e. The molecule has 0 spiro atoms. The van der Waals surface area contributed by atoms with Crippen LogP contribution in [0.25, 0.3) is 10.9 Å². The number of benzene rings is 2. The number of aromatic nitrogens is 1. The molecule has 0 bridgehead atoms. The minimum atomic E-state index is -0.203. The average molecular weight is 352 g/mol. The van der Waals surface area contributed by atoms with Gasteiger partial charge >= 0.3 is 0 Å². The molecule has 0 unspecified atom stereocenters. The second kappa shape index (κ2) is 7.74. The van der Waals surface area contributed by atoms with Crippen molar-refractivity contribution in [1.29, 1.82) is 0 Å². The van der Waals surface area contributed by atoms with E-state index in [0.717, 1.165) is 10.9 Å². The second-order valence-corrected chi connectivity index (χ2v) is 5.58. The molecule has 1 amide bonds. The summed E-state index contributed by atoms with van der Waals surface area (Å²) < 4.78 is 16.0. The monoisotopic (exact) mass is 352 g/mol. The average Bonchev–Trinajstić information content (AvgIpc) is 2.70. The fourth-order valence-corrected chi connectivity index (χ4v) is 2.79. The van der Waals surface area contributed by atoms with Gasteiger partial charge in [-0.3, -0.25) is 9.78 Å². The molecular formula is C20H20N2O4. The van der Waals surface area contributed by atoms with E-state index in [9.17, 15) is 4.79 Å². The maximum Gasteiger partial charge on any atom is 0.253 e. The molecule has 6 heteroatoms. The number of ether oxygens (including phenoxy) is 3. The summed E-state index contributed by atoms with van der Waals surface area (Å²) in [5.41, 5.74) is 1.99. The minimum absolute atomic E-state index is 0.203. The number of hydrogen-bond donors (Lipinski definition) is 1. The van der Waals surface area contributed by atoms with Gasteiger partial charge in [0.2, 0.25) is 0 Å². The summed E-state index contributed by atoms with van der Waals surface area (Å²) in [4.78, 5) is 17.0. The third-order valence-corrected chi connectivity index (χ3v) is 4.10. The molecule has 0 atom stereocenters. The molecule has 1 N–H and O–H groups in total. The number of nitrogens with zero attached hydrogens (tertiary/aromatic N) is 1. The van der Waals surface area contributed by atoms with Crippen molar-refractivity contribution >= 4 is 16.8 Å². The Balaban J connectivity index is 1.85. The van der Waals surface area contributed by atoms with Crippen LogP contribution in [0.2, 0.25) is 0 Å². The summed E-state index contributed by atoms with van der Waals surface area (Å²) in [5, 5.41) is 3.84. The normalized spacial score (nSPS) is 10.4. The van der Waals surface area contributed by atoms with Crippen molar-refractivity contribution in [2.24, 2.45) is 0 Å². The van der Waals surface area contributed by atoms with Crippen LogP contribution in [-0.4, -0.2) is 32.2 Å². The van der Waals surface area contributed by atoms with Crippen LogP contribution in [0.5, 0.6) is 17.2 Å². The standard InChI is InChI=1S/C20H20N2O4/c1-24-16-11-18(26-3)17(25-2)10-14(16)12-22-20(23)15-8-4-6-13-7-5-9-21-19(13)15/h4-11H,12H2,1-3H3,(H,22,23). The number of methoxy groups -OCH3 is 3. The van der Waals surface area contributed by atoms with E-state index in [0.29, 0.717) is 28.3 Å². The molecule has 0 aliphatic rings. The molecule has 0 radical (unpaired) electrons. The van der Waals surface area contributed by atoms with E-state index in [4.69, 9.17) is 14.2 Å². The predicted octanol–water partition coefficient (Wildman–Crippen LogP) is 3.19. The third kappa shape index (κ3) is 3.39. The van der Waals surface area contributed by atoms with Gasteiger partial charge in [0.15, 0.2) is 11.5 Å². The Kier molecular flexibility index (Phi) is 5.22. The highest BCUT2D eigenvalue weighted by Gasteiger charge is 2.15. The van der Waals surface area contributed by atoms with E-state index in [-0.39, 0.29) is 12.5 Å². The second-order valence-electron chi connectivity index (χ2n) is 5.58. The van der Waals surface area contributed by atoms with E-state index < -0.39 is 0 Å². The van der Waals surface area contributed by atoms with Crippen molar-refractivity contribution in [3.05, 3.63) is 59.8 Å². The zero-order chi connectivity index (χ0) is 18.5. The Morgan fingerprint density at radius 2 is 1.65 bits per heavy atom. The molecule has 1 aromatic heterocycles. The zero-order valence-electron chi connectivity index (χ0n) is 14.9. The lowest BCUT2D eigenvalue weighted by molar-refractivity contribution is 0.0952. The first-order valence-corrected chi connectivity index (χ1v) is 8.08. The number of carbonyl (C=O) groups excluding carboxylic acids is 1. The van der Waals surface area contributed by atoms with Crippen molar-refractivity contribution < 1.29 is 19.0 Å². The van der Waals surface area contributed by atoms with Crippen LogP contribution in [0.4, 0.5) is 0 Å². The number of fused-ring (bicyclic) bond motifs is 1. The molecule has 0 fully saturated rings. The first-order chi connectivity index (χ1) is 12.7. The highest BCUT2D eigenvalue weighted by molar-refractivity contribution is 6.05. The van der Waals surface area contributed by atoms with Crippen molar-refractivity contribution in [2.75, 3.05) is 21.3 Å². The molecular weight excluding hydrogens is 332 g/mol. The van der Waals surface area contributed by atoms with Gasteiger partial charge in [-0.25, -0.2) is 0 Å². The Morgan fingerprint density at radius 1 is 0.962 bits per heavy atom. The van der Waals surface area contributed by atoms with Crippen LogP contribution < -0.4 is 19.5 Å². The molecule has 2 aromatic carbocycles. The number of hydrogen-bond acceptors (Lipinski definition) is 5. The van der Waals surface area contributed by atoms with E-state index in [2.05, 4.69) is 10.3 Å². The van der Waals surface area contributed by atoms with Crippen molar-refractivity contribution in [1.82, 2.24) is 10.3 Å². The number of amides is 1. The molecule has 26 heavy (non-hydrogen) atoms. The molecule has 0 saturated carbocycles. The molecule has 0 aliphatic heterocycles. The lowest BCUT2D eigenvalue weighted by atomic mass is 10.1. The van der Waals surface area contributed by atoms with Crippen LogP contribution in [-0.2, 0) is 6.54 Å². The number of pyridine rings is 1. The van der Waals surface area contributed by atoms with Gasteiger partial charge in [-0.2, -0.15) is 0 Å². The Labute approximate surface area is 151 Å². The maximum atomic E-state index is 12.7. The topological polar surface area (TPSA) is 69.7 Å². The number of rotatable bonds is 6. The molecule has 0 aliphatic carbocycles. The fraction of sp³-hybridized carbons (Fsp3) is 0.200. The highest BCUT2D eigenvalue weighted by Crippen LogP contribution is 2.34. The lowest BCUT2D eigenvalue weighted by Gasteiger charge is -2.15. The Morgan fingerprint density at radius 3 is 2.38 bits per heavy atom. The summed E-state index contributed by atoms with van der Waals surface area (Å²) in [7, 11) is 4.70. The van der Waals surface area contributed by atoms with E-state index >= 15 is 0 Å². The fourth-order valence-electron chi connectivity index (χ4n) is 2.79. The molecule has 1 heterocycles. The number of nitrogens with one attached hydrogen (secondary N) is 1. The number of para-hydroxylation sites is 1. The quantitative estimate of drug-likeness (QED) is 0.738. The summed E-state index contributed by atoms with van der Waals surface area (Å²) >= 11 is 0. The SMILES string of the molecule is COc1cc(OC)c(OC)cc1CNC(=O)c1cccc2cccnc12. The molecule has 0 saturated heterocycles. The van der Waals surface area contributed by atoms with E-state index in [1.165, 1.54) is 0 Å². The van der Waals surface area contributed by atoms with Crippen LogP contribution in [0.3, 0.4) is 0 Å². The first kappa shape index (κ1) is 17.5. The first-order valence-electron chi connectivity index (χ1n) is 8.08. The van der Waals surface area contributed by atoms with Gasteiger partial charge < -0.3 is 19.5 Å². The van der Waals surface area contributed by atoms with Crippen LogP contribution >= 0.6 is 0 Å². The van der Waals surface area contributed by atoms with E-state index in [1.54, 1.807) is 45.7 Å². The summed E-state index contributed by atoms with van der Waals surface area (Å²) in [6, 6.07) is 12.8. The van der Waals surface area contributed by atoms with Crippen molar-refractivity contribution in [2.45, 2.75) is 6.54 Å². The van der Waals surface area contributed by atoms with Crippen molar-refractivity contribution in [3.8, 4) is 17.2 Å². The molecule has 3 aromatic rings. The Hall–Kier alpha value is -3.28. The van der Waals surface area contributed by atoms with E-state index in [1.807, 2.05) is 24.3 Å². The van der Waals surface area contributed by atoms with Gasteiger partial charge in [0.25, 0.3) is 5.91 Å². The van der Waals surface area contributed by atoms with Gasteiger partial charge in [0.1, 0.15) is 5.75 Å². The van der Waals surface area contributed by atoms with Crippen molar-refractivity contribution in [3.63, 3.8) is 0 Å². The highest BCUT2D eigenvalue weighted by atomic mass is 16.5. The predicted molar refractivity (Wildman–Crippen MR) is 99.0 cm³/mol. The molecule has 3 rings (SSSR count). The summed E-state index contributed by atoms with van der Waals surface area (Å²) in [6.45, 7) is 0.283. The third-order valence-electron chi connectivity index (χ3n) is 4.10.